The van der Waals surface area contributed by atoms with Crippen LogP contribution in [0.4, 0.5) is 4.79 Å². The summed E-state index contributed by atoms with van der Waals surface area (Å²) in [5, 5.41) is 11.2. The zero-order chi connectivity index (χ0) is 10.1. The van der Waals surface area contributed by atoms with E-state index in [2.05, 4.69) is 5.32 Å². The number of amides is 1. The molecule has 0 fully saturated rings. The summed E-state index contributed by atoms with van der Waals surface area (Å²) >= 11 is 0. The summed E-state index contributed by atoms with van der Waals surface area (Å²) in [6.07, 6.45) is -0.556. The average molecular weight is 193 g/mol. The van der Waals surface area contributed by atoms with Gasteiger partial charge in [-0.2, -0.15) is 0 Å². The normalized spacial score (nSPS) is 13.9. The van der Waals surface area contributed by atoms with Gasteiger partial charge in [0.05, 0.1) is 5.56 Å². The maximum Gasteiger partial charge on any atom is 0.412 e. The van der Waals surface area contributed by atoms with Crippen LogP contribution in [0.1, 0.15) is 15.9 Å². The fourth-order valence-corrected chi connectivity index (χ4v) is 1.23. The molecule has 0 unspecified atom stereocenters. The van der Waals surface area contributed by atoms with Crippen molar-refractivity contribution >= 4 is 12.1 Å². The highest BCUT2D eigenvalue weighted by Gasteiger charge is 2.17. The third-order valence-electron chi connectivity index (χ3n) is 1.94. The molecule has 1 aliphatic rings. The van der Waals surface area contributed by atoms with Gasteiger partial charge in [0.15, 0.2) is 0 Å². The van der Waals surface area contributed by atoms with E-state index in [0.717, 1.165) is 5.56 Å². The Morgan fingerprint density at radius 3 is 3.00 bits per heavy atom. The van der Waals surface area contributed by atoms with Crippen LogP contribution in [0.3, 0.4) is 0 Å². The van der Waals surface area contributed by atoms with E-state index in [-0.39, 0.29) is 5.56 Å². The van der Waals surface area contributed by atoms with Crippen molar-refractivity contribution in [1.29, 1.82) is 0 Å². The molecular weight excluding hydrogens is 186 g/mol. The molecule has 1 aromatic carbocycles. The van der Waals surface area contributed by atoms with Gasteiger partial charge in [-0.15, -0.1) is 0 Å². The molecule has 5 nitrogen and oxygen atoms in total. The van der Waals surface area contributed by atoms with Crippen molar-refractivity contribution in [2.75, 3.05) is 0 Å². The van der Waals surface area contributed by atoms with Crippen molar-refractivity contribution in [2.45, 2.75) is 6.54 Å². The van der Waals surface area contributed by atoms with Gasteiger partial charge in [0.25, 0.3) is 0 Å². The van der Waals surface area contributed by atoms with Gasteiger partial charge in [0.2, 0.25) is 0 Å². The summed E-state index contributed by atoms with van der Waals surface area (Å²) in [6.45, 7) is 0.369. The van der Waals surface area contributed by atoms with Gasteiger partial charge < -0.3 is 15.2 Å². The van der Waals surface area contributed by atoms with Crippen LogP contribution in [0.25, 0.3) is 0 Å². The van der Waals surface area contributed by atoms with Gasteiger partial charge in [-0.25, -0.2) is 9.59 Å². The van der Waals surface area contributed by atoms with Crippen molar-refractivity contribution in [1.82, 2.24) is 5.32 Å². The SMILES string of the molecule is O=C1NCc2ccc(C(=O)O)cc2O1. The summed E-state index contributed by atoms with van der Waals surface area (Å²) < 4.78 is 4.81. The number of ether oxygens (including phenoxy) is 1. The van der Waals surface area contributed by atoms with Gasteiger partial charge in [0.1, 0.15) is 5.75 Å². The molecule has 1 amide bonds. The summed E-state index contributed by atoms with van der Waals surface area (Å²) in [5.74, 6) is -0.726. The third-order valence-corrected chi connectivity index (χ3v) is 1.94. The van der Waals surface area contributed by atoms with E-state index >= 15 is 0 Å². The number of aromatic carboxylic acids is 1. The number of hydrogen-bond acceptors (Lipinski definition) is 3. The van der Waals surface area contributed by atoms with Gasteiger partial charge >= 0.3 is 12.1 Å². The van der Waals surface area contributed by atoms with Crippen molar-refractivity contribution < 1.29 is 19.4 Å². The second-order valence-electron chi connectivity index (χ2n) is 2.87. The molecule has 0 radical (unpaired) electrons. The Labute approximate surface area is 79.3 Å². The predicted octanol–water partition coefficient (Wildman–Crippen LogP) is 0.987. The van der Waals surface area contributed by atoms with Crippen LogP contribution in [0, 0.1) is 0 Å². The van der Waals surface area contributed by atoms with Crippen molar-refractivity contribution in [3.8, 4) is 5.75 Å². The van der Waals surface area contributed by atoms with Crippen LogP contribution in [-0.4, -0.2) is 17.2 Å². The first-order valence-electron chi connectivity index (χ1n) is 3.99. The average Bonchev–Trinajstić information content (AvgIpc) is 2.16. The lowest BCUT2D eigenvalue weighted by Gasteiger charge is -2.16. The molecule has 0 aliphatic carbocycles. The zero-order valence-electron chi connectivity index (χ0n) is 7.11. The predicted molar refractivity (Wildman–Crippen MR) is 46.3 cm³/mol. The van der Waals surface area contributed by atoms with Gasteiger partial charge in [-0.05, 0) is 12.1 Å². The number of hydrogen-bond donors (Lipinski definition) is 2. The zero-order valence-corrected chi connectivity index (χ0v) is 7.11. The second-order valence-corrected chi connectivity index (χ2v) is 2.87. The topological polar surface area (TPSA) is 75.6 Å². The highest BCUT2D eigenvalue weighted by molar-refractivity contribution is 5.88. The molecule has 2 rings (SSSR count). The second kappa shape index (κ2) is 3.02. The first-order chi connectivity index (χ1) is 6.66. The number of nitrogens with one attached hydrogen (secondary N) is 1. The molecule has 5 heteroatoms. The first kappa shape index (κ1) is 8.55. The molecule has 72 valence electrons. The summed E-state index contributed by atoms with van der Waals surface area (Å²) in [7, 11) is 0. The smallest absolute Gasteiger partial charge is 0.412 e. The summed E-state index contributed by atoms with van der Waals surface area (Å²) in [4.78, 5) is 21.4. The first-order valence-corrected chi connectivity index (χ1v) is 3.99. The van der Waals surface area contributed by atoms with Crippen LogP contribution in [0.5, 0.6) is 5.75 Å². The van der Waals surface area contributed by atoms with Gasteiger partial charge in [-0.1, -0.05) is 6.07 Å². The lowest BCUT2D eigenvalue weighted by molar-refractivity contribution is 0.0696. The van der Waals surface area contributed by atoms with Crippen molar-refractivity contribution in [2.24, 2.45) is 0 Å². The standard InChI is InChI=1S/C9H7NO4/c11-8(12)5-1-2-6-4-10-9(13)14-7(6)3-5/h1-3H,4H2,(H,10,13)(H,11,12). The number of carbonyl (C=O) groups excluding carboxylic acids is 1. The Kier molecular flexibility index (Phi) is 1.85. The highest BCUT2D eigenvalue weighted by Crippen LogP contribution is 2.23. The van der Waals surface area contributed by atoms with Gasteiger partial charge in [-0.3, -0.25) is 0 Å². The molecule has 1 aliphatic heterocycles. The van der Waals surface area contributed by atoms with E-state index in [9.17, 15) is 9.59 Å². The molecule has 0 saturated heterocycles. The van der Waals surface area contributed by atoms with Crippen molar-refractivity contribution in [3.63, 3.8) is 0 Å². The third kappa shape index (κ3) is 1.39. The Bertz CT molecular complexity index is 413. The van der Waals surface area contributed by atoms with Crippen LogP contribution in [0.2, 0.25) is 0 Å². The number of carbonyl (C=O) groups is 2. The van der Waals surface area contributed by atoms with E-state index in [1.165, 1.54) is 12.1 Å². The minimum Gasteiger partial charge on any atom is -0.478 e. The molecule has 2 N–H and O–H groups in total. The fourth-order valence-electron chi connectivity index (χ4n) is 1.23. The van der Waals surface area contributed by atoms with E-state index in [0.29, 0.717) is 12.3 Å². The molecule has 14 heavy (non-hydrogen) atoms. The maximum atomic E-state index is 10.8. The number of rotatable bonds is 1. The van der Waals surface area contributed by atoms with Crippen LogP contribution >= 0.6 is 0 Å². The lowest BCUT2D eigenvalue weighted by Crippen LogP contribution is -2.31. The minimum absolute atomic E-state index is 0.110. The molecule has 1 aromatic rings. The molecule has 0 aromatic heterocycles. The Morgan fingerprint density at radius 1 is 1.50 bits per heavy atom. The van der Waals surface area contributed by atoms with E-state index in [1.807, 2.05) is 0 Å². The molecule has 0 saturated carbocycles. The summed E-state index contributed by atoms with van der Waals surface area (Å²) in [5.41, 5.74) is 0.882. The highest BCUT2D eigenvalue weighted by atomic mass is 16.6. The summed E-state index contributed by atoms with van der Waals surface area (Å²) in [6, 6.07) is 4.44. The largest absolute Gasteiger partial charge is 0.478 e. The van der Waals surface area contributed by atoms with Crippen LogP contribution in [-0.2, 0) is 6.54 Å². The van der Waals surface area contributed by atoms with Crippen molar-refractivity contribution in [3.05, 3.63) is 29.3 Å². The van der Waals surface area contributed by atoms with E-state index in [1.54, 1.807) is 6.07 Å². The van der Waals surface area contributed by atoms with E-state index < -0.39 is 12.1 Å². The monoisotopic (exact) mass is 193 g/mol. The van der Waals surface area contributed by atoms with Gasteiger partial charge in [0, 0.05) is 12.1 Å². The Morgan fingerprint density at radius 2 is 2.29 bits per heavy atom. The number of benzene rings is 1. The molecule has 0 atom stereocenters. The molecule has 0 spiro atoms. The van der Waals surface area contributed by atoms with E-state index in [4.69, 9.17) is 9.84 Å². The van der Waals surface area contributed by atoms with Crippen LogP contribution in [0.15, 0.2) is 18.2 Å². The quantitative estimate of drug-likeness (QED) is 0.697. The Hall–Kier alpha value is -2.04. The lowest BCUT2D eigenvalue weighted by atomic mass is 10.1. The van der Waals surface area contributed by atoms with Crippen LogP contribution < -0.4 is 10.1 Å². The Balaban J connectivity index is 2.42. The number of fused-ring (bicyclic) bond motifs is 1. The molecular formula is C9H7NO4. The number of carboxylic acid groups (broad SMARTS) is 1. The molecule has 0 bridgehead atoms. The minimum atomic E-state index is -1.04. The number of carboxylic acids is 1. The maximum absolute atomic E-state index is 10.8. The molecule has 1 heterocycles. The fraction of sp³-hybridized carbons (Fsp3) is 0.111.